The first-order valence-corrected chi connectivity index (χ1v) is 11.4. The molecule has 5 rings (SSSR count). The molecule has 0 saturated heterocycles. The monoisotopic (exact) mass is 448 g/mol. The molecule has 1 N–H and O–H groups in total. The highest BCUT2D eigenvalue weighted by Gasteiger charge is 2.29. The molecule has 1 aliphatic carbocycles. The van der Waals surface area contributed by atoms with Gasteiger partial charge < -0.3 is 10.2 Å². The van der Waals surface area contributed by atoms with Gasteiger partial charge in [0.05, 0.1) is 12.6 Å². The van der Waals surface area contributed by atoms with Crippen LogP contribution in [0.3, 0.4) is 0 Å². The lowest BCUT2D eigenvalue weighted by molar-refractivity contribution is 0.0787. The Bertz CT molecular complexity index is 1220. The number of fused-ring (bicyclic) bond motifs is 1. The highest BCUT2D eigenvalue weighted by molar-refractivity contribution is 5.99. The molecule has 2 aliphatic rings. The molecule has 1 saturated carbocycles. The van der Waals surface area contributed by atoms with Crippen molar-refractivity contribution in [2.75, 3.05) is 11.9 Å². The topological polar surface area (TPSA) is 58.1 Å². The summed E-state index contributed by atoms with van der Waals surface area (Å²) in [6.45, 7) is 4.73. The number of carbonyl (C=O) groups excluding carboxylic acids is 1. The Hall–Kier alpha value is -3.35. The Morgan fingerprint density at radius 2 is 1.88 bits per heavy atom. The lowest BCUT2D eigenvalue weighted by Gasteiger charge is -2.25. The minimum Gasteiger partial charge on any atom is -0.363 e. The molecule has 3 heterocycles. The Balaban J connectivity index is 1.41. The van der Waals surface area contributed by atoms with Crippen molar-refractivity contribution in [1.29, 1.82) is 0 Å². The molecule has 1 atom stereocenters. The lowest BCUT2D eigenvalue weighted by atomic mass is 9.82. The van der Waals surface area contributed by atoms with Gasteiger partial charge in [-0.2, -0.15) is 0 Å². The van der Waals surface area contributed by atoms with Crippen LogP contribution >= 0.6 is 0 Å². The summed E-state index contributed by atoms with van der Waals surface area (Å²) >= 11 is 0. The maximum atomic E-state index is 15.2. The van der Waals surface area contributed by atoms with Crippen LogP contribution in [0.1, 0.15) is 72.2 Å². The fourth-order valence-electron chi connectivity index (χ4n) is 4.61. The fraction of sp³-hybridized carbons (Fsp3) is 0.346. The third kappa shape index (κ3) is 3.86. The van der Waals surface area contributed by atoms with E-state index in [0.29, 0.717) is 36.0 Å². The van der Waals surface area contributed by atoms with Gasteiger partial charge in [0, 0.05) is 52.8 Å². The lowest BCUT2D eigenvalue weighted by Crippen LogP contribution is -2.22. The summed E-state index contributed by atoms with van der Waals surface area (Å²) in [4.78, 5) is 23.0. The van der Waals surface area contributed by atoms with Gasteiger partial charge in [0.25, 0.3) is 5.91 Å². The largest absolute Gasteiger partial charge is 0.363 e. The van der Waals surface area contributed by atoms with E-state index in [1.807, 2.05) is 13.0 Å². The number of anilines is 1. The third-order valence-electron chi connectivity index (χ3n) is 6.83. The van der Waals surface area contributed by atoms with E-state index in [0.717, 1.165) is 24.1 Å². The standard InChI is InChI=1S/C26H26F2N4O/c1-3-32-14-21-18(26(32)33)8-10-30-25(21)31-15(2)19-12-23(28)20(13-22(19)27)17-7-9-29-24(11-17)16-5-4-6-16/h7-13,15-16H,3-6,14H2,1-2H3,(H,30,31)/t15-/m0/s1. The molecule has 0 spiro atoms. The van der Waals surface area contributed by atoms with Gasteiger partial charge in [-0.05, 0) is 62.6 Å². The zero-order valence-corrected chi connectivity index (χ0v) is 18.7. The molecule has 2 aromatic heterocycles. The summed E-state index contributed by atoms with van der Waals surface area (Å²) in [5.74, 6) is -0.0770. The number of benzene rings is 1. The number of halogens is 2. The van der Waals surface area contributed by atoms with Crippen LogP contribution < -0.4 is 5.32 Å². The summed E-state index contributed by atoms with van der Waals surface area (Å²) in [7, 11) is 0. The van der Waals surface area contributed by atoms with Crippen molar-refractivity contribution in [2.24, 2.45) is 0 Å². The molecule has 0 bridgehead atoms. The second kappa shape index (κ2) is 8.54. The number of amides is 1. The summed E-state index contributed by atoms with van der Waals surface area (Å²) < 4.78 is 30.3. The molecule has 1 fully saturated rings. The number of carbonyl (C=O) groups is 1. The van der Waals surface area contributed by atoms with Gasteiger partial charge in [-0.1, -0.05) is 6.42 Å². The van der Waals surface area contributed by atoms with Crippen LogP contribution in [0.25, 0.3) is 11.1 Å². The highest BCUT2D eigenvalue weighted by Crippen LogP contribution is 2.37. The van der Waals surface area contributed by atoms with E-state index in [9.17, 15) is 4.79 Å². The van der Waals surface area contributed by atoms with E-state index >= 15 is 8.78 Å². The van der Waals surface area contributed by atoms with Crippen LogP contribution in [0.5, 0.6) is 0 Å². The second-order valence-corrected chi connectivity index (χ2v) is 8.82. The van der Waals surface area contributed by atoms with Crippen LogP contribution in [0.4, 0.5) is 14.6 Å². The molecule has 1 aliphatic heterocycles. The molecule has 170 valence electrons. The SMILES string of the molecule is CCN1Cc2c(ccnc2N[C@@H](C)c2cc(F)c(-c3ccnc(C4CCC4)c3)cc2F)C1=O. The van der Waals surface area contributed by atoms with Crippen LogP contribution in [-0.4, -0.2) is 27.3 Å². The summed E-state index contributed by atoms with van der Waals surface area (Å²) in [5, 5.41) is 3.18. The van der Waals surface area contributed by atoms with E-state index in [1.165, 1.54) is 18.6 Å². The quantitative estimate of drug-likeness (QED) is 0.515. The van der Waals surface area contributed by atoms with Crippen molar-refractivity contribution in [3.63, 3.8) is 0 Å². The highest BCUT2D eigenvalue weighted by atomic mass is 19.1. The van der Waals surface area contributed by atoms with E-state index < -0.39 is 17.7 Å². The first kappa shape index (κ1) is 21.5. The molecule has 1 amide bonds. The smallest absolute Gasteiger partial charge is 0.254 e. The normalized spacial score (nSPS) is 16.5. The van der Waals surface area contributed by atoms with Crippen molar-refractivity contribution in [1.82, 2.24) is 14.9 Å². The van der Waals surface area contributed by atoms with Crippen molar-refractivity contribution in [2.45, 2.75) is 51.6 Å². The average molecular weight is 449 g/mol. The Morgan fingerprint density at radius 3 is 2.61 bits per heavy atom. The Labute approximate surface area is 191 Å². The van der Waals surface area contributed by atoms with Gasteiger partial charge >= 0.3 is 0 Å². The van der Waals surface area contributed by atoms with Crippen molar-refractivity contribution < 1.29 is 13.6 Å². The summed E-state index contributed by atoms with van der Waals surface area (Å²) in [6.07, 6.45) is 6.60. The predicted octanol–water partition coefficient (Wildman–Crippen LogP) is 5.84. The molecule has 1 aromatic carbocycles. The maximum Gasteiger partial charge on any atom is 0.254 e. The number of aromatic nitrogens is 2. The zero-order chi connectivity index (χ0) is 23.1. The van der Waals surface area contributed by atoms with Gasteiger partial charge in [0.2, 0.25) is 0 Å². The number of hydrogen-bond donors (Lipinski definition) is 1. The zero-order valence-electron chi connectivity index (χ0n) is 18.7. The fourth-order valence-corrected chi connectivity index (χ4v) is 4.61. The minimum atomic E-state index is -0.540. The van der Waals surface area contributed by atoms with Crippen LogP contribution in [-0.2, 0) is 6.54 Å². The number of rotatable bonds is 6. The number of hydrogen-bond acceptors (Lipinski definition) is 4. The van der Waals surface area contributed by atoms with Crippen molar-refractivity contribution in [3.05, 3.63) is 76.7 Å². The van der Waals surface area contributed by atoms with Gasteiger partial charge in [0.1, 0.15) is 17.5 Å². The second-order valence-electron chi connectivity index (χ2n) is 8.82. The molecular weight excluding hydrogens is 422 g/mol. The molecule has 0 radical (unpaired) electrons. The molecule has 0 unspecified atom stereocenters. The predicted molar refractivity (Wildman–Crippen MR) is 123 cm³/mol. The van der Waals surface area contributed by atoms with Gasteiger partial charge in [-0.15, -0.1) is 0 Å². The van der Waals surface area contributed by atoms with E-state index in [1.54, 1.807) is 36.4 Å². The Kier molecular flexibility index (Phi) is 5.56. The summed E-state index contributed by atoms with van der Waals surface area (Å²) in [5.41, 5.74) is 3.40. The minimum absolute atomic E-state index is 0.0363. The molecule has 7 heteroatoms. The number of nitrogens with one attached hydrogen (secondary N) is 1. The molecular formula is C26H26F2N4O. The third-order valence-corrected chi connectivity index (χ3v) is 6.83. The van der Waals surface area contributed by atoms with E-state index in [-0.39, 0.29) is 17.0 Å². The molecule has 3 aromatic rings. The van der Waals surface area contributed by atoms with Crippen LogP contribution in [0, 0.1) is 11.6 Å². The summed E-state index contributed by atoms with van der Waals surface area (Å²) in [6, 6.07) is 7.25. The van der Waals surface area contributed by atoms with Crippen LogP contribution in [0.15, 0.2) is 42.7 Å². The molecule has 33 heavy (non-hydrogen) atoms. The maximum absolute atomic E-state index is 15.2. The number of pyridine rings is 2. The van der Waals surface area contributed by atoms with E-state index in [2.05, 4.69) is 15.3 Å². The van der Waals surface area contributed by atoms with Crippen molar-refractivity contribution in [3.8, 4) is 11.1 Å². The first-order valence-electron chi connectivity index (χ1n) is 11.4. The first-order chi connectivity index (χ1) is 16.0. The van der Waals surface area contributed by atoms with Gasteiger partial charge in [-0.25, -0.2) is 13.8 Å². The van der Waals surface area contributed by atoms with Gasteiger partial charge in [0.15, 0.2) is 0 Å². The van der Waals surface area contributed by atoms with Gasteiger partial charge in [-0.3, -0.25) is 9.78 Å². The van der Waals surface area contributed by atoms with Crippen molar-refractivity contribution >= 4 is 11.7 Å². The van der Waals surface area contributed by atoms with E-state index in [4.69, 9.17) is 0 Å². The Morgan fingerprint density at radius 1 is 1.09 bits per heavy atom. The van der Waals surface area contributed by atoms with Crippen LogP contribution in [0.2, 0.25) is 0 Å². The number of nitrogens with zero attached hydrogens (tertiary/aromatic N) is 3. The molecule has 5 nitrogen and oxygen atoms in total. The average Bonchev–Trinajstić information content (AvgIpc) is 3.11.